The fraction of sp³-hybridized carbons (Fsp3) is 0.195. The predicted molar refractivity (Wildman–Crippen MR) is 189 cm³/mol. The lowest BCUT2D eigenvalue weighted by Gasteiger charge is -2.31. The molecule has 7 heteroatoms. The van der Waals surface area contributed by atoms with Crippen LogP contribution in [0.4, 0.5) is 5.69 Å². The number of oxazole rings is 1. The van der Waals surface area contributed by atoms with Crippen LogP contribution in [-0.4, -0.2) is 28.7 Å². The smallest absolute Gasteiger partial charge is 0.374 e. The fourth-order valence-corrected chi connectivity index (χ4v) is 7.21. The van der Waals surface area contributed by atoms with Crippen LogP contribution in [0.25, 0.3) is 38.7 Å². The number of aromatic nitrogens is 1. The Balaban J connectivity index is 1.38. The third-order valence-electron chi connectivity index (χ3n) is 9.47. The Kier molecular flexibility index (Phi) is 8.05. The van der Waals surface area contributed by atoms with Crippen LogP contribution in [0.5, 0.6) is 0 Å². The Bertz CT molecular complexity index is 2260. The number of carboxylic acids is 2. The van der Waals surface area contributed by atoms with Gasteiger partial charge in [0.1, 0.15) is 6.42 Å². The van der Waals surface area contributed by atoms with Gasteiger partial charge in [-0.2, -0.15) is 4.57 Å². The minimum atomic E-state index is -0.883. The zero-order valence-corrected chi connectivity index (χ0v) is 27.0. The summed E-state index contributed by atoms with van der Waals surface area (Å²) in [6.07, 6.45) is 6.54. The highest BCUT2D eigenvalue weighted by Gasteiger charge is 2.44. The highest BCUT2D eigenvalue weighted by Crippen LogP contribution is 2.52. The van der Waals surface area contributed by atoms with E-state index in [-0.39, 0.29) is 19.4 Å². The monoisotopic (exact) mass is 637 g/mol. The molecule has 0 aliphatic carbocycles. The minimum absolute atomic E-state index is 0.0136. The lowest BCUT2D eigenvalue weighted by Crippen LogP contribution is -2.36. The van der Waals surface area contributed by atoms with E-state index in [9.17, 15) is 19.8 Å². The Labute approximate surface area is 278 Å². The molecule has 240 valence electrons. The molecule has 2 heterocycles. The molecule has 5 aromatic carbocycles. The number of hydrogen-bond donors (Lipinski definition) is 2. The number of carbonyl (C=O) groups is 2. The van der Waals surface area contributed by atoms with Crippen LogP contribution in [0.1, 0.15) is 42.3 Å². The highest BCUT2D eigenvalue weighted by molar-refractivity contribution is 5.95. The van der Waals surface area contributed by atoms with Crippen molar-refractivity contribution in [1.82, 2.24) is 0 Å². The van der Waals surface area contributed by atoms with Gasteiger partial charge in [-0.15, -0.1) is 0 Å². The summed E-state index contributed by atoms with van der Waals surface area (Å²) in [6.45, 7) is 4.90. The van der Waals surface area contributed by atoms with Crippen LogP contribution in [0.3, 0.4) is 0 Å². The van der Waals surface area contributed by atoms with Gasteiger partial charge in [0.2, 0.25) is 5.58 Å². The molecule has 0 radical (unpaired) electrons. The lowest BCUT2D eigenvalue weighted by atomic mass is 9.74. The molecule has 0 saturated heterocycles. The molecule has 1 aliphatic heterocycles. The third-order valence-corrected chi connectivity index (χ3v) is 9.47. The van der Waals surface area contributed by atoms with E-state index in [1.807, 2.05) is 59.2 Å². The van der Waals surface area contributed by atoms with Gasteiger partial charge in [0.15, 0.2) is 6.54 Å². The molecule has 2 N–H and O–H groups in total. The summed E-state index contributed by atoms with van der Waals surface area (Å²) < 4.78 is 8.26. The van der Waals surface area contributed by atoms with Crippen LogP contribution >= 0.6 is 0 Å². The molecule has 0 fully saturated rings. The van der Waals surface area contributed by atoms with Gasteiger partial charge in [0.25, 0.3) is 5.52 Å². The van der Waals surface area contributed by atoms with Crippen molar-refractivity contribution in [3.63, 3.8) is 0 Å². The van der Waals surface area contributed by atoms with Crippen LogP contribution < -0.4 is 9.47 Å². The molecule has 48 heavy (non-hydrogen) atoms. The number of fused-ring (bicyclic) bond motifs is 5. The van der Waals surface area contributed by atoms with Crippen molar-refractivity contribution < 1.29 is 28.8 Å². The Morgan fingerprint density at radius 1 is 0.854 bits per heavy atom. The van der Waals surface area contributed by atoms with Crippen molar-refractivity contribution in [2.75, 3.05) is 11.4 Å². The SMILES string of the molecule is Cc1ccc(CC2(C)/C(=C\C=C\c3oc4cc5ccccc5cc4[n+]3CCC(=O)O)N(CCC(=O)O)c3ccc4ccccc4c32)cc1. The van der Waals surface area contributed by atoms with E-state index in [1.54, 1.807) is 0 Å². The second-order valence-electron chi connectivity index (χ2n) is 12.8. The highest BCUT2D eigenvalue weighted by atomic mass is 16.4. The van der Waals surface area contributed by atoms with E-state index in [0.717, 1.165) is 38.4 Å². The summed E-state index contributed by atoms with van der Waals surface area (Å²) in [5.74, 6) is -1.20. The molecule has 1 aliphatic rings. The average Bonchev–Trinajstić information content (AvgIpc) is 3.53. The molecule has 6 aromatic rings. The zero-order valence-electron chi connectivity index (χ0n) is 27.0. The van der Waals surface area contributed by atoms with Crippen molar-refractivity contribution in [3.8, 4) is 0 Å². The van der Waals surface area contributed by atoms with Crippen molar-refractivity contribution in [2.45, 2.75) is 45.1 Å². The number of aliphatic carboxylic acids is 2. The lowest BCUT2D eigenvalue weighted by molar-refractivity contribution is -0.676. The Hall–Kier alpha value is -5.69. The topological polar surface area (TPSA) is 94.9 Å². The van der Waals surface area contributed by atoms with Crippen LogP contribution in [0.2, 0.25) is 0 Å². The first-order valence-electron chi connectivity index (χ1n) is 16.2. The standard InChI is InChI=1S/C41H36N2O5/c1-27-14-16-28(17-15-27)26-41(2)36(42(22-20-38(44)45)33-19-18-29-8-5-6-11-32(29)40(33)41)12-7-13-37-43(23-21-39(46)47)34-24-30-9-3-4-10-31(30)25-35(34)48-37/h3-19,24-25H,20-23,26H2,1-2H3,(H-,44,45,46,47)/p+1. The zero-order chi connectivity index (χ0) is 33.4. The molecule has 7 nitrogen and oxygen atoms in total. The maximum Gasteiger partial charge on any atom is 0.374 e. The van der Waals surface area contributed by atoms with E-state index >= 15 is 0 Å². The van der Waals surface area contributed by atoms with E-state index in [0.29, 0.717) is 24.4 Å². The maximum absolute atomic E-state index is 11.9. The molecule has 0 spiro atoms. The van der Waals surface area contributed by atoms with Crippen molar-refractivity contribution in [2.24, 2.45) is 0 Å². The number of aryl methyl sites for hydroxylation is 2. The second kappa shape index (κ2) is 12.5. The molecular formula is C41H37N2O5+. The predicted octanol–water partition coefficient (Wildman–Crippen LogP) is 8.20. The summed E-state index contributed by atoms with van der Waals surface area (Å²) in [7, 11) is 0. The summed E-state index contributed by atoms with van der Waals surface area (Å²) in [4.78, 5) is 25.6. The summed E-state index contributed by atoms with van der Waals surface area (Å²) >= 11 is 0. The van der Waals surface area contributed by atoms with Gasteiger partial charge in [0, 0.05) is 29.4 Å². The summed E-state index contributed by atoms with van der Waals surface area (Å²) in [5, 5.41) is 23.6. The van der Waals surface area contributed by atoms with Gasteiger partial charge in [-0.05, 0) is 71.1 Å². The molecular weight excluding hydrogens is 600 g/mol. The van der Waals surface area contributed by atoms with Crippen LogP contribution in [0.15, 0.2) is 119 Å². The largest absolute Gasteiger partial charge is 0.481 e. The molecule has 1 atom stereocenters. The molecule has 7 rings (SSSR count). The number of anilines is 1. The van der Waals surface area contributed by atoms with Gasteiger partial charge < -0.3 is 19.5 Å². The van der Waals surface area contributed by atoms with Gasteiger partial charge in [-0.25, -0.2) is 0 Å². The average molecular weight is 638 g/mol. The van der Waals surface area contributed by atoms with Crippen molar-refractivity contribution in [1.29, 1.82) is 0 Å². The van der Waals surface area contributed by atoms with E-state index in [2.05, 4.69) is 79.4 Å². The third kappa shape index (κ3) is 5.72. The van der Waals surface area contributed by atoms with Gasteiger partial charge in [-0.1, -0.05) is 90.5 Å². The van der Waals surface area contributed by atoms with Gasteiger partial charge >= 0.3 is 17.8 Å². The van der Waals surface area contributed by atoms with E-state index < -0.39 is 17.4 Å². The normalized spacial score (nSPS) is 16.9. The minimum Gasteiger partial charge on any atom is -0.481 e. The maximum atomic E-state index is 11.9. The molecule has 0 bridgehead atoms. The number of benzene rings is 5. The number of hydrogen-bond acceptors (Lipinski definition) is 4. The molecule has 1 aromatic heterocycles. The molecule has 1 unspecified atom stereocenters. The second-order valence-corrected chi connectivity index (χ2v) is 12.8. The first kappa shape index (κ1) is 30.9. The van der Waals surface area contributed by atoms with E-state index in [4.69, 9.17) is 4.42 Å². The van der Waals surface area contributed by atoms with E-state index in [1.165, 1.54) is 16.7 Å². The summed E-state index contributed by atoms with van der Waals surface area (Å²) in [6, 6.07) is 33.2. The Morgan fingerprint density at radius 2 is 1.54 bits per heavy atom. The van der Waals surface area contributed by atoms with Gasteiger partial charge in [0.05, 0.1) is 12.5 Å². The van der Waals surface area contributed by atoms with Gasteiger partial charge in [-0.3, -0.25) is 9.59 Å². The van der Waals surface area contributed by atoms with Crippen LogP contribution in [0, 0.1) is 6.92 Å². The van der Waals surface area contributed by atoms with Crippen molar-refractivity contribution >= 4 is 56.3 Å². The molecule has 0 amide bonds. The number of nitrogens with zero attached hydrogens (tertiary/aromatic N) is 2. The number of carboxylic acid groups (broad SMARTS) is 2. The summed E-state index contributed by atoms with van der Waals surface area (Å²) in [5.41, 5.74) is 6.58. The molecule has 0 saturated carbocycles. The quantitative estimate of drug-likeness (QED) is 0.147. The van der Waals surface area contributed by atoms with Crippen LogP contribution in [-0.2, 0) is 28.0 Å². The number of rotatable bonds is 10. The fourth-order valence-electron chi connectivity index (χ4n) is 7.21. The number of allylic oxidation sites excluding steroid dienone is 3. The first-order valence-corrected chi connectivity index (χ1v) is 16.2. The first-order chi connectivity index (χ1) is 23.2. The Morgan fingerprint density at radius 3 is 2.27 bits per heavy atom. The van der Waals surface area contributed by atoms with Crippen molar-refractivity contribution in [3.05, 3.63) is 137 Å².